The van der Waals surface area contributed by atoms with Crippen molar-refractivity contribution in [2.24, 2.45) is 5.92 Å². The molecule has 0 atom stereocenters. The number of nitrogens with zero attached hydrogens (tertiary/aromatic N) is 1. The highest BCUT2D eigenvalue weighted by Gasteiger charge is 2.25. The molecule has 0 aliphatic carbocycles. The van der Waals surface area contributed by atoms with E-state index in [1.165, 1.54) is 18.2 Å². The van der Waals surface area contributed by atoms with Crippen molar-refractivity contribution < 1.29 is 19.1 Å². The lowest BCUT2D eigenvalue weighted by Gasteiger charge is -2.31. The molecule has 0 unspecified atom stereocenters. The fourth-order valence-corrected chi connectivity index (χ4v) is 3.16. The highest BCUT2D eigenvalue weighted by atomic mass is 19.1. The number of piperidine rings is 1. The Morgan fingerprint density at radius 1 is 1.08 bits per heavy atom. The number of carboxylic acids is 1. The van der Waals surface area contributed by atoms with Crippen LogP contribution in [0.1, 0.15) is 28.8 Å². The molecule has 0 saturated carbocycles. The van der Waals surface area contributed by atoms with Gasteiger partial charge in [-0.3, -0.25) is 9.69 Å². The Bertz CT molecular complexity index is 784. The molecule has 1 heterocycles. The Labute approximate surface area is 151 Å². The maximum Gasteiger partial charge on any atom is 0.335 e. The molecule has 1 saturated heterocycles. The zero-order chi connectivity index (χ0) is 18.5. The van der Waals surface area contributed by atoms with E-state index < -0.39 is 5.97 Å². The second kappa shape index (κ2) is 8.10. The first-order valence-corrected chi connectivity index (χ1v) is 8.63. The number of aromatic carboxylic acids is 1. The van der Waals surface area contributed by atoms with Crippen molar-refractivity contribution in [3.63, 3.8) is 0 Å². The summed E-state index contributed by atoms with van der Waals surface area (Å²) in [6.07, 6.45) is 1.43. The zero-order valence-corrected chi connectivity index (χ0v) is 14.3. The second-order valence-corrected chi connectivity index (χ2v) is 6.51. The van der Waals surface area contributed by atoms with Gasteiger partial charge in [0.2, 0.25) is 5.91 Å². The van der Waals surface area contributed by atoms with E-state index in [1.54, 1.807) is 24.3 Å². The van der Waals surface area contributed by atoms with Crippen molar-refractivity contribution in [3.05, 3.63) is 65.5 Å². The number of anilines is 1. The highest BCUT2D eigenvalue weighted by molar-refractivity contribution is 5.93. The predicted molar refractivity (Wildman–Crippen MR) is 96.4 cm³/mol. The van der Waals surface area contributed by atoms with Crippen LogP contribution in [-0.2, 0) is 11.3 Å². The number of benzene rings is 2. The quantitative estimate of drug-likeness (QED) is 0.862. The van der Waals surface area contributed by atoms with Crippen molar-refractivity contribution >= 4 is 17.6 Å². The summed E-state index contributed by atoms with van der Waals surface area (Å²) < 4.78 is 13.7. The minimum absolute atomic E-state index is 0.0568. The molecule has 2 aromatic rings. The molecule has 1 aliphatic heterocycles. The first-order chi connectivity index (χ1) is 12.5. The molecule has 2 aromatic carbocycles. The third-order valence-electron chi connectivity index (χ3n) is 4.71. The number of nitrogens with one attached hydrogen (secondary N) is 1. The lowest BCUT2D eigenvalue weighted by Crippen LogP contribution is -2.37. The fraction of sp³-hybridized carbons (Fsp3) is 0.300. The molecule has 1 fully saturated rings. The van der Waals surface area contributed by atoms with Crippen LogP contribution >= 0.6 is 0 Å². The number of carbonyl (C=O) groups excluding carboxylic acids is 1. The number of carboxylic acid groups (broad SMARTS) is 1. The molecule has 0 radical (unpaired) electrons. The molecule has 0 spiro atoms. The van der Waals surface area contributed by atoms with E-state index >= 15 is 0 Å². The summed E-state index contributed by atoms with van der Waals surface area (Å²) in [7, 11) is 0. The van der Waals surface area contributed by atoms with E-state index in [0.29, 0.717) is 30.6 Å². The number of halogens is 1. The van der Waals surface area contributed by atoms with Crippen molar-refractivity contribution in [1.29, 1.82) is 0 Å². The average Bonchev–Trinajstić information content (AvgIpc) is 2.64. The number of likely N-dealkylation sites (tertiary alicyclic amines) is 1. The van der Waals surface area contributed by atoms with E-state index in [-0.39, 0.29) is 23.2 Å². The van der Waals surface area contributed by atoms with Crippen molar-refractivity contribution in [1.82, 2.24) is 4.90 Å². The Kier molecular flexibility index (Phi) is 5.63. The van der Waals surface area contributed by atoms with Gasteiger partial charge in [-0.1, -0.05) is 18.2 Å². The summed E-state index contributed by atoms with van der Waals surface area (Å²) in [6.45, 7) is 2.03. The Hall–Kier alpha value is -2.73. The second-order valence-electron chi connectivity index (χ2n) is 6.51. The molecule has 2 N–H and O–H groups in total. The molecule has 6 heteroatoms. The van der Waals surface area contributed by atoms with Gasteiger partial charge in [-0.05, 0) is 56.3 Å². The largest absolute Gasteiger partial charge is 0.478 e. The smallest absolute Gasteiger partial charge is 0.335 e. The fourth-order valence-electron chi connectivity index (χ4n) is 3.16. The van der Waals surface area contributed by atoms with Gasteiger partial charge < -0.3 is 10.4 Å². The summed E-state index contributed by atoms with van der Waals surface area (Å²) >= 11 is 0. The van der Waals surface area contributed by atoms with Gasteiger partial charge in [-0.15, -0.1) is 0 Å². The topological polar surface area (TPSA) is 69.6 Å². The van der Waals surface area contributed by atoms with Gasteiger partial charge in [0.1, 0.15) is 5.82 Å². The number of rotatable bonds is 5. The van der Waals surface area contributed by atoms with E-state index in [9.17, 15) is 14.0 Å². The van der Waals surface area contributed by atoms with Gasteiger partial charge >= 0.3 is 5.97 Å². The molecule has 5 nitrogen and oxygen atoms in total. The van der Waals surface area contributed by atoms with Gasteiger partial charge in [0.15, 0.2) is 0 Å². The number of hydrogen-bond donors (Lipinski definition) is 2. The maximum absolute atomic E-state index is 13.7. The van der Waals surface area contributed by atoms with Gasteiger partial charge in [0.05, 0.1) is 5.56 Å². The third kappa shape index (κ3) is 4.46. The first kappa shape index (κ1) is 18.1. The molecular weight excluding hydrogens is 335 g/mol. The van der Waals surface area contributed by atoms with Crippen molar-refractivity contribution in [2.75, 3.05) is 18.4 Å². The van der Waals surface area contributed by atoms with Gasteiger partial charge in [-0.25, -0.2) is 9.18 Å². The highest BCUT2D eigenvalue weighted by Crippen LogP contribution is 2.22. The number of carbonyl (C=O) groups is 2. The van der Waals surface area contributed by atoms with Crippen LogP contribution in [0.2, 0.25) is 0 Å². The molecular formula is C20H21FN2O3. The lowest BCUT2D eigenvalue weighted by atomic mass is 9.95. The minimum Gasteiger partial charge on any atom is -0.478 e. The summed E-state index contributed by atoms with van der Waals surface area (Å²) in [4.78, 5) is 25.4. The minimum atomic E-state index is -0.995. The van der Waals surface area contributed by atoms with E-state index in [2.05, 4.69) is 10.2 Å². The number of amides is 1. The van der Waals surface area contributed by atoms with Crippen LogP contribution in [0.3, 0.4) is 0 Å². The van der Waals surface area contributed by atoms with Gasteiger partial charge in [-0.2, -0.15) is 0 Å². The summed E-state index contributed by atoms with van der Waals surface area (Å²) in [5, 5.41) is 11.7. The van der Waals surface area contributed by atoms with E-state index in [1.807, 2.05) is 6.07 Å². The molecule has 136 valence electrons. The summed E-state index contributed by atoms with van der Waals surface area (Å²) in [5.41, 5.74) is 1.45. The molecule has 0 bridgehead atoms. The van der Waals surface area contributed by atoms with Crippen molar-refractivity contribution in [2.45, 2.75) is 19.4 Å². The van der Waals surface area contributed by atoms with Crippen LogP contribution in [-0.4, -0.2) is 35.0 Å². The maximum atomic E-state index is 13.7. The van der Waals surface area contributed by atoms with Crippen LogP contribution < -0.4 is 5.32 Å². The Morgan fingerprint density at radius 2 is 1.73 bits per heavy atom. The molecule has 0 aromatic heterocycles. The van der Waals surface area contributed by atoms with E-state index in [0.717, 1.165) is 13.1 Å². The van der Waals surface area contributed by atoms with Crippen LogP contribution in [0.5, 0.6) is 0 Å². The Balaban J connectivity index is 1.50. The van der Waals surface area contributed by atoms with Crippen LogP contribution in [0.25, 0.3) is 0 Å². The van der Waals surface area contributed by atoms with Gasteiger partial charge in [0, 0.05) is 23.7 Å². The van der Waals surface area contributed by atoms with Gasteiger partial charge in [0.25, 0.3) is 0 Å². The van der Waals surface area contributed by atoms with E-state index in [4.69, 9.17) is 5.11 Å². The molecule has 1 amide bonds. The predicted octanol–water partition coefficient (Wildman–Crippen LogP) is 3.37. The van der Waals surface area contributed by atoms with Crippen LogP contribution in [0, 0.1) is 11.7 Å². The lowest BCUT2D eigenvalue weighted by molar-refractivity contribution is -0.121. The zero-order valence-electron chi connectivity index (χ0n) is 14.3. The first-order valence-electron chi connectivity index (χ1n) is 8.63. The molecule has 3 rings (SSSR count). The average molecular weight is 356 g/mol. The summed E-state index contributed by atoms with van der Waals surface area (Å²) in [5.74, 6) is -1.34. The molecule has 1 aliphatic rings. The summed E-state index contributed by atoms with van der Waals surface area (Å²) in [6, 6.07) is 12.9. The normalized spacial score (nSPS) is 15.6. The third-order valence-corrected chi connectivity index (χ3v) is 4.71. The standard InChI is InChI=1S/C20H21FN2O3/c21-18-4-2-1-3-16(18)13-23-11-9-14(10-12-23)19(24)22-17-7-5-15(6-8-17)20(25)26/h1-8,14H,9-13H2,(H,22,24)(H,25,26). The number of hydrogen-bond acceptors (Lipinski definition) is 3. The SMILES string of the molecule is O=C(O)c1ccc(NC(=O)C2CCN(Cc3ccccc3F)CC2)cc1. The molecule has 26 heavy (non-hydrogen) atoms. The van der Waals surface area contributed by atoms with Crippen molar-refractivity contribution in [3.8, 4) is 0 Å². The van der Waals surface area contributed by atoms with Crippen LogP contribution in [0.15, 0.2) is 48.5 Å². The monoisotopic (exact) mass is 356 g/mol. The van der Waals surface area contributed by atoms with Crippen LogP contribution in [0.4, 0.5) is 10.1 Å². The Morgan fingerprint density at radius 3 is 2.35 bits per heavy atom.